The molecule has 1 aliphatic rings. The molecule has 16 heavy (non-hydrogen) atoms. The van der Waals surface area contributed by atoms with Crippen LogP contribution in [0.1, 0.15) is 57.0 Å². The van der Waals surface area contributed by atoms with Crippen molar-refractivity contribution >= 4 is 0 Å². The summed E-state index contributed by atoms with van der Waals surface area (Å²) in [6.45, 7) is 6.01. The van der Waals surface area contributed by atoms with Gasteiger partial charge in [0.2, 0.25) is 0 Å². The molecule has 1 aromatic rings. The second-order valence-corrected chi connectivity index (χ2v) is 5.40. The number of hydrogen-bond acceptors (Lipinski definition) is 1. The molecular formula is C12H18F2N2. The standard InChI is InChI=1S/C12H18F2N2/c1-12(2,3)16-9-7-5-4-6-8(9)10(15-16)11(13)14/h11H,4-7H2,1-3H3. The number of rotatable bonds is 1. The monoisotopic (exact) mass is 228 g/mol. The van der Waals surface area contributed by atoms with Crippen LogP contribution in [0.25, 0.3) is 0 Å². The van der Waals surface area contributed by atoms with Crippen LogP contribution in [0.15, 0.2) is 0 Å². The van der Waals surface area contributed by atoms with Gasteiger partial charge in [0.25, 0.3) is 6.43 Å². The molecule has 1 heterocycles. The number of nitrogens with zero attached hydrogens (tertiary/aromatic N) is 2. The van der Waals surface area contributed by atoms with E-state index in [2.05, 4.69) is 5.10 Å². The third-order valence-corrected chi connectivity index (χ3v) is 3.05. The topological polar surface area (TPSA) is 17.8 Å². The van der Waals surface area contributed by atoms with Crippen molar-refractivity contribution in [3.05, 3.63) is 17.0 Å². The van der Waals surface area contributed by atoms with Crippen LogP contribution < -0.4 is 0 Å². The first-order valence-electron chi connectivity index (χ1n) is 5.80. The number of hydrogen-bond donors (Lipinski definition) is 0. The summed E-state index contributed by atoms with van der Waals surface area (Å²) in [5.74, 6) is 0. The third-order valence-electron chi connectivity index (χ3n) is 3.05. The Labute approximate surface area is 94.6 Å². The Kier molecular flexibility index (Phi) is 2.76. The predicted octanol–water partition coefficient (Wildman–Crippen LogP) is 3.45. The molecule has 0 N–H and O–H groups in total. The highest BCUT2D eigenvalue weighted by Gasteiger charge is 2.29. The van der Waals surface area contributed by atoms with Crippen LogP contribution in [-0.2, 0) is 18.4 Å². The zero-order chi connectivity index (χ0) is 11.9. The van der Waals surface area contributed by atoms with Crippen molar-refractivity contribution in [3.63, 3.8) is 0 Å². The normalized spacial score (nSPS) is 16.6. The van der Waals surface area contributed by atoms with E-state index in [4.69, 9.17) is 0 Å². The Morgan fingerprint density at radius 3 is 2.38 bits per heavy atom. The van der Waals surface area contributed by atoms with Crippen LogP contribution in [0, 0.1) is 0 Å². The zero-order valence-electron chi connectivity index (χ0n) is 10.1. The molecule has 0 saturated heterocycles. The van der Waals surface area contributed by atoms with E-state index >= 15 is 0 Å². The molecule has 1 aromatic heterocycles. The lowest BCUT2D eigenvalue weighted by Gasteiger charge is -2.24. The molecule has 0 radical (unpaired) electrons. The van der Waals surface area contributed by atoms with E-state index in [0.29, 0.717) is 0 Å². The van der Waals surface area contributed by atoms with Gasteiger partial charge in [-0.3, -0.25) is 4.68 Å². The number of alkyl halides is 2. The van der Waals surface area contributed by atoms with Crippen LogP contribution in [0.2, 0.25) is 0 Å². The fraction of sp³-hybridized carbons (Fsp3) is 0.750. The summed E-state index contributed by atoms with van der Waals surface area (Å²) < 4.78 is 27.6. The molecule has 0 unspecified atom stereocenters. The van der Waals surface area contributed by atoms with Gasteiger partial charge in [-0.15, -0.1) is 0 Å². The third kappa shape index (κ3) is 1.85. The molecule has 0 aromatic carbocycles. The van der Waals surface area contributed by atoms with Gasteiger partial charge >= 0.3 is 0 Å². The second kappa shape index (κ2) is 3.82. The fourth-order valence-corrected chi connectivity index (χ4v) is 2.36. The highest BCUT2D eigenvalue weighted by molar-refractivity contribution is 5.30. The Bertz CT molecular complexity index is 388. The summed E-state index contributed by atoms with van der Waals surface area (Å²) in [4.78, 5) is 0. The summed E-state index contributed by atoms with van der Waals surface area (Å²) >= 11 is 0. The minimum atomic E-state index is -2.45. The predicted molar refractivity (Wildman–Crippen MR) is 58.8 cm³/mol. The molecule has 0 fully saturated rings. The molecule has 0 bridgehead atoms. The molecule has 1 aliphatic carbocycles. The van der Waals surface area contributed by atoms with Gasteiger partial charge in [-0.05, 0) is 46.5 Å². The first-order valence-corrected chi connectivity index (χ1v) is 5.80. The minimum Gasteiger partial charge on any atom is -0.264 e. The molecule has 0 atom stereocenters. The van der Waals surface area contributed by atoms with Gasteiger partial charge < -0.3 is 0 Å². The lowest BCUT2D eigenvalue weighted by molar-refractivity contribution is 0.142. The van der Waals surface area contributed by atoms with Gasteiger partial charge in [0.15, 0.2) is 0 Å². The van der Waals surface area contributed by atoms with Crippen LogP contribution >= 0.6 is 0 Å². The van der Waals surface area contributed by atoms with Crippen molar-refractivity contribution < 1.29 is 8.78 Å². The molecule has 0 aliphatic heterocycles. The summed E-state index contributed by atoms with van der Waals surface area (Å²) in [7, 11) is 0. The van der Waals surface area contributed by atoms with Gasteiger partial charge in [0, 0.05) is 11.3 Å². The molecule has 0 spiro atoms. The van der Waals surface area contributed by atoms with Crippen LogP contribution in [0.5, 0.6) is 0 Å². The van der Waals surface area contributed by atoms with E-state index in [9.17, 15) is 8.78 Å². The summed E-state index contributed by atoms with van der Waals surface area (Å²) in [6, 6.07) is 0. The lowest BCUT2D eigenvalue weighted by atomic mass is 9.95. The first kappa shape index (κ1) is 11.6. The van der Waals surface area contributed by atoms with Gasteiger partial charge in [-0.2, -0.15) is 5.10 Å². The number of halogens is 2. The smallest absolute Gasteiger partial charge is 0.264 e. The maximum Gasteiger partial charge on any atom is 0.282 e. The Hall–Kier alpha value is -0.930. The van der Waals surface area contributed by atoms with E-state index in [1.54, 1.807) is 4.68 Å². The highest BCUT2D eigenvalue weighted by Crippen LogP contribution is 2.33. The molecule has 90 valence electrons. The van der Waals surface area contributed by atoms with Crippen LogP contribution in [-0.4, -0.2) is 9.78 Å². The van der Waals surface area contributed by atoms with E-state index in [0.717, 1.165) is 36.9 Å². The van der Waals surface area contributed by atoms with Crippen molar-refractivity contribution in [2.75, 3.05) is 0 Å². The minimum absolute atomic E-state index is 0.00428. The van der Waals surface area contributed by atoms with Crippen molar-refractivity contribution in [2.45, 2.75) is 58.4 Å². The molecule has 0 amide bonds. The van der Waals surface area contributed by atoms with Gasteiger partial charge in [0.05, 0.1) is 5.54 Å². The first-order chi connectivity index (χ1) is 7.41. The lowest BCUT2D eigenvalue weighted by Crippen LogP contribution is -2.26. The summed E-state index contributed by atoms with van der Waals surface area (Å²) in [6.07, 6.45) is 1.27. The van der Waals surface area contributed by atoms with Crippen molar-refractivity contribution in [1.82, 2.24) is 9.78 Å². The van der Waals surface area contributed by atoms with E-state index in [1.807, 2.05) is 20.8 Å². The maximum absolute atomic E-state index is 12.9. The largest absolute Gasteiger partial charge is 0.282 e. The maximum atomic E-state index is 12.9. The SMILES string of the molecule is CC(C)(C)n1nc(C(F)F)c2c1CCCC2. The number of aromatic nitrogens is 2. The van der Waals surface area contributed by atoms with E-state index in [-0.39, 0.29) is 11.2 Å². The van der Waals surface area contributed by atoms with Gasteiger partial charge in [-0.1, -0.05) is 0 Å². The van der Waals surface area contributed by atoms with Crippen molar-refractivity contribution in [3.8, 4) is 0 Å². The second-order valence-electron chi connectivity index (χ2n) is 5.40. The average Bonchev–Trinajstić information content (AvgIpc) is 2.56. The molecule has 2 rings (SSSR count). The Balaban J connectivity index is 2.55. The van der Waals surface area contributed by atoms with Crippen molar-refractivity contribution in [2.24, 2.45) is 0 Å². The summed E-state index contributed by atoms with van der Waals surface area (Å²) in [5, 5.41) is 4.13. The van der Waals surface area contributed by atoms with Crippen molar-refractivity contribution in [1.29, 1.82) is 0 Å². The molecule has 4 heteroatoms. The molecule has 0 saturated carbocycles. The van der Waals surface area contributed by atoms with Crippen LogP contribution in [0.4, 0.5) is 8.78 Å². The quantitative estimate of drug-likeness (QED) is 0.719. The van der Waals surface area contributed by atoms with Crippen LogP contribution in [0.3, 0.4) is 0 Å². The average molecular weight is 228 g/mol. The molecular weight excluding hydrogens is 210 g/mol. The fourth-order valence-electron chi connectivity index (χ4n) is 2.36. The number of fused-ring (bicyclic) bond motifs is 1. The zero-order valence-corrected chi connectivity index (χ0v) is 10.1. The molecule has 2 nitrogen and oxygen atoms in total. The highest BCUT2D eigenvalue weighted by atomic mass is 19.3. The Morgan fingerprint density at radius 2 is 1.81 bits per heavy atom. The van der Waals surface area contributed by atoms with E-state index in [1.165, 1.54) is 0 Å². The Morgan fingerprint density at radius 1 is 1.19 bits per heavy atom. The summed E-state index contributed by atoms with van der Waals surface area (Å²) in [5.41, 5.74) is 1.61. The van der Waals surface area contributed by atoms with Gasteiger partial charge in [0.1, 0.15) is 5.69 Å². The van der Waals surface area contributed by atoms with Gasteiger partial charge in [-0.25, -0.2) is 8.78 Å². The van der Waals surface area contributed by atoms with E-state index < -0.39 is 6.43 Å².